The lowest BCUT2D eigenvalue weighted by atomic mass is 10.1. The summed E-state index contributed by atoms with van der Waals surface area (Å²) in [6, 6.07) is 1.73. The highest BCUT2D eigenvalue weighted by Crippen LogP contribution is 2.40. The molecule has 2 aromatic heterocycles. The van der Waals surface area contributed by atoms with Crippen LogP contribution >= 0.6 is 0 Å². The van der Waals surface area contributed by atoms with Gasteiger partial charge in [0.05, 0.1) is 42.8 Å². The summed E-state index contributed by atoms with van der Waals surface area (Å²) in [4.78, 5) is 11.9. The number of benzene rings is 1. The molecule has 6 heteroatoms. The van der Waals surface area contributed by atoms with Gasteiger partial charge in [-0.1, -0.05) is 0 Å². The number of fused-ring (bicyclic) bond motifs is 2. The van der Waals surface area contributed by atoms with Crippen molar-refractivity contribution in [2.75, 3.05) is 14.2 Å². The maximum atomic E-state index is 11.9. The van der Waals surface area contributed by atoms with Crippen molar-refractivity contribution in [3.05, 3.63) is 28.9 Å². The lowest BCUT2D eigenvalue weighted by molar-refractivity contribution is 0.410. The van der Waals surface area contributed by atoms with Crippen LogP contribution in [0, 0.1) is 0 Å². The van der Waals surface area contributed by atoms with Crippen LogP contribution in [0.25, 0.3) is 21.7 Å². The van der Waals surface area contributed by atoms with Crippen molar-refractivity contribution in [3.63, 3.8) is 0 Å². The lowest BCUT2D eigenvalue weighted by Crippen LogP contribution is -2.09. The molecular weight excluding hydrogens is 236 g/mol. The van der Waals surface area contributed by atoms with Gasteiger partial charge >= 0.3 is 0 Å². The van der Waals surface area contributed by atoms with E-state index in [1.165, 1.54) is 26.7 Å². The second-order valence-electron chi connectivity index (χ2n) is 3.72. The van der Waals surface area contributed by atoms with Gasteiger partial charge < -0.3 is 13.9 Å². The van der Waals surface area contributed by atoms with E-state index in [0.717, 1.165) is 0 Å². The SMILES string of the molecule is COc1c2cn[nH]c(=O)c2c(OC)c2ccoc12. The van der Waals surface area contributed by atoms with Crippen LogP contribution < -0.4 is 15.0 Å². The fourth-order valence-corrected chi connectivity index (χ4v) is 2.13. The monoisotopic (exact) mass is 246 g/mol. The first kappa shape index (κ1) is 10.6. The van der Waals surface area contributed by atoms with Gasteiger partial charge in [0.2, 0.25) is 0 Å². The quantitative estimate of drug-likeness (QED) is 0.744. The fourth-order valence-electron chi connectivity index (χ4n) is 2.13. The third-order valence-corrected chi connectivity index (χ3v) is 2.85. The molecule has 0 atom stereocenters. The zero-order valence-electron chi connectivity index (χ0n) is 9.81. The predicted molar refractivity (Wildman–Crippen MR) is 65.2 cm³/mol. The number of rotatable bonds is 2. The molecule has 0 aliphatic heterocycles. The molecule has 0 radical (unpaired) electrons. The maximum Gasteiger partial charge on any atom is 0.275 e. The largest absolute Gasteiger partial charge is 0.495 e. The zero-order valence-corrected chi connectivity index (χ0v) is 9.81. The third kappa shape index (κ3) is 1.22. The van der Waals surface area contributed by atoms with Crippen molar-refractivity contribution in [1.29, 1.82) is 0 Å². The van der Waals surface area contributed by atoms with E-state index < -0.39 is 0 Å². The van der Waals surface area contributed by atoms with E-state index in [2.05, 4.69) is 10.2 Å². The number of ether oxygens (including phenoxy) is 2. The van der Waals surface area contributed by atoms with Gasteiger partial charge in [0, 0.05) is 0 Å². The Hall–Kier alpha value is -2.50. The summed E-state index contributed by atoms with van der Waals surface area (Å²) in [5.74, 6) is 0.933. The number of aromatic nitrogens is 2. The minimum atomic E-state index is -0.328. The van der Waals surface area contributed by atoms with Crippen molar-refractivity contribution >= 4 is 21.7 Å². The van der Waals surface area contributed by atoms with Crippen molar-refractivity contribution in [1.82, 2.24) is 10.2 Å². The second-order valence-corrected chi connectivity index (χ2v) is 3.72. The van der Waals surface area contributed by atoms with Gasteiger partial charge in [0.1, 0.15) is 5.75 Å². The number of hydrogen-bond donors (Lipinski definition) is 1. The summed E-state index contributed by atoms with van der Waals surface area (Å²) >= 11 is 0. The van der Waals surface area contributed by atoms with Gasteiger partial charge in [0.15, 0.2) is 11.3 Å². The molecule has 3 rings (SSSR count). The number of furan rings is 1. The predicted octanol–water partition coefficient (Wildman–Crippen LogP) is 1.69. The van der Waals surface area contributed by atoms with E-state index in [0.29, 0.717) is 33.2 Å². The Labute approximate surface area is 101 Å². The Bertz CT molecular complexity index is 788. The molecule has 92 valence electrons. The van der Waals surface area contributed by atoms with Crippen LogP contribution in [0.2, 0.25) is 0 Å². The minimum Gasteiger partial charge on any atom is -0.495 e. The van der Waals surface area contributed by atoms with Crippen LogP contribution in [-0.2, 0) is 0 Å². The van der Waals surface area contributed by atoms with Gasteiger partial charge in [-0.2, -0.15) is 5.10 Å². The Balaban J connectivity index is 2.68. The van der Waals surface area contributed by atoms with E-state index in [9.17, 15) is 4.79 Å². The molecule has 0 bridgehead atoms. The molecule has 1 aromatic carbocycles. The Morgan fingerprint density at radius 3 is 2.72 bits per heavy atom. The molecule has 6 nitrogen and oxygen atoms in total. The number of hydrogen-bond acceptors (Lipinski definition) is 5. The van der Waals surface area contributed by atoms with Crippen LogP contribution in [0.4, 0.5) is 0 Å². The summed E-state index contributed by atoms with van der Waals surface area (Å²) in [6.07, 6.45) is 3.04. The zero-order chi connectivity index (χ0) is 12.7. The molecule has 0 aliphatic carbocycles. The standard InChI is InChI=1S/C12H10N2O4/c1-16-9-6-3-4-18-11(6)10(17-2)7-5-13-14-12(15)8(7)9/h3-5H,1-2H3,(H,14,15). The Kier molecular flexibility index (Phi) is 2.22. The average Bonchev–Trinajstić information content (AvgIpc) is 2.85. The minimum absolute atomic E-state index is 0.328. The summed E-state index contributed by atoms with van der Waals surface area (Å²) in [6.45, 7) is 0. The van der Waals surface area contributed by atoms with E-state index in [-0.39, 0.29) is 5.56 Å². The van der Waals surface area contributed by atoms with Crippen LogP contribution in [0.1, 0.15) is 0 Å². The fraction of sp³-hybridized carbons (Fsp3) is 0.167. The van der Waals surface area contributed by atoms with Gasteiger partial charge in [0.25, 0.3) is 5.56 Å². The maximum absolute atomic E-state index is 11.9. The molecule has 0 saturated heterocycles. The van der Waals surface area contributed by atoms with Crippen LogP contribution in [0.5, 0.6) is 11.5 Å². The van der Waals surface area contributed by atoms with Crippen LogP contribution in [-0.4, -0.2) is 24.4 Å². The molecule has 0 saturated carbocycles. The Morgan fingerprint density at radius 2 is 2.00 bits per heavy atom. The first-order chi connectivity index (χ1) is 8.77. The molecule has 0 aliphatic rings. The number of nitrogens with one attached hydrogen (secondary N) is 1. The molecule has 1 N–H and O–H groups in total. The molecule has 0 unspecified atom stereocenters. The highest BCUT2D eigenvalue weighted by Gasteiger charge is 2.19. The van der Waals surface area contributed by atoms with Crippen molar-refractivity contribution in [2.45, 2.75) is 0 Å². The number of methoxy groups -OCH3 is 2. The molecule has 0 spiro atoms. The van der Waals surface area contributed by atoms with Crippen LogP contribution in [0.15, 0.2) is 27.7 Å². The van der Waals surface area contributed by atoms with Crippen molar-refractivity contribution in [3.8, 4) is 11.5 Å². The van der Waals surface area contributed by atoms with E-state index in [1.54, 1.807) is 6.07 Å². The summed E-state index contributed by atoms with van der Waals surface area (Å²) in [7, 11) is 3.03. The molecule has 0 fully saturated rings. The molecule has 18 heavy (non-hydrogen) atoms. The molecule has 3 aromatic rings. The Morgan fingerprint density at radius 1 is 1.22 bits per heavy atom. The average molecular weight is 246 g/mol. The number of nitrogens with zero attached hydrogens (tertiary/aromatic N) is 1. The first-order valence-corrected chi connectivity index (χ1v) is 5.26. The normalized spacial score (nSPS) is 11.0. The smallest absolute Gasteiger partial charge is 0.275 e. The van der Waals surface area contributed by atoms with Crippen LogP contribution in [0.3, 0.4) is 0 Å². The van der Waals surface area contributed by atoms with Gasteiger partial charge in [-0.05, 0) is 6.07 Å². The van der Waals surface area contributed by atoms with Crippen molar-refractivity contribution < 1.29 is 13.9 Å². The van der Waals surface area contributed by atoms with E-state index in [1.807, 2.05) is 0 Å². The number of aromatic amines is 1. The van der Waals surface area contributed by atoms with E-state index >= 15 is 0 Å². The van der Waals surface area contributed by atoms with Gasteiger partial charge in [-0.3, -0.25) is 4.79 Å². The lowest BCUT2D eigenvalue weighted by Gasteiger charge is -2.09. The highest BCUT2D eigenvalue weighted by atomic mass is 16.5. The van der Waals surface area contributed by atoms with Gasteiger partial charge in [-0.15, -0.1) is 0 Å². The number of H-pyrrole nitrogens is 1. The second kappa shape index (κ2) is 3.76. The third-order valence-electron chi connectivity index (χ3n) is 2.85. The summed E-state index contributed by atoms with van der Waals surface area (Å²) in [5, 5.41) is 7.81. The first-order valence-electron chi connectivity index (χ1n) is 5.26. The highest BCUT2D eigenvalue weighted by molar-refractivity contribution is 6.08. The van der Waals surface area contributed by atoms with E-state index in [4.69, 9.17) is 13.9 Å². The topological polar surface area (TPSA) is 77.3 Å². The molecule has 2 heterocycles. The summed E-state index contributed by atoms with van der Waals surface area (Å²) < 4.78 is 16.0. The van der Waals surface area contributed by atoms with Gasteiger partial charge in [-0.25, -0.2) is 5.10 Å². The molecular formula is C12H10N2O4. The summed E-state index contributed by atoms with van der Waals surface area (Å²) in [5.41, 5.74) is 0.208. The van der Waals surface area contributed by atoms with Crippen molar-refractivity contribution in [2.24, 2.45) is 0 Å². The molecule has 0 amide bonds.